The third kappa shape index (κ3) is 7.25. The summed E-state index contributed by atoms with van der Waals surface area (Å²) in [6, 6.07) is 12.6. The monoisotopic (exact) mass is 698 g/mol. The van der Waals surface area contributed by atoms with E-state index in [1.807, 2.05) is 24.3 Å². The maximum atomic E-state index is 14.4. The van der Waals surface area contributed by atoms with E-state index in [1.165, 1.54) is 41.0 Å². The van der Waals surface area contributed by atoms with E-state index in [1.54, 1.807) is 11.9 Å². The molecule has 3 N–H and O–H groups in total. The van der Waals surface area contributed by atoms with Gasteiger partial charge < -0.3 is 29.8 Å². The number of fused-ring (bicyclic) bond motifs is 2. The predicted molar refractivity (Wildman–Crippen MR) is 180 cm³/mol. The molecule has 0 aromatic heterocycles. The quantitative estimate of drug-likeness (QED) is 0.315. The number of carbonyl (C=O) groups excluding carboxylic acids is 4. The van der Waals surface area contributed by atoms with Gasteiger partial charge in [-0.2, -0.15) is 8.78 Å². The Morgan fingerprint density at radius 3 is 2.16 bits per heavy atom. The maximum Gasteiger partial charge on any atom is 0.399 e. The topological polar surface area (TPSA) is 148 Å². The number of rotatable bonds is 6. The standard InChI is InChI=1S/C35H41F2N4O7P/c1-21(42)40-17-16-28-14-15-30(33(45)39(5)27-12-10-25(11-13-27)34(2,3)4)41(28)32(44)29(20-40)38-31(43)23-7-6-22-8-9-26(19-24(22)18-23)35(36,37)49(46,47)48/h6-13,18-19,28-30H,14-17,20H2,1-5H3,(H,38,43)(H2,46,47,48)/t28-,29+,30+/m1/s1. The van der Waals surface area contributed by atoms with E-state index in [9.17, 15) is 42.3 Å². The molecule has 2 fully saturated rings. The maximum absolute atomic E-state index is 14.4. The van der Waals surface area contributed by atoms with Crippen LogP contribution in [0.4, 0.5) is 14.5 Å². The predicted octanol–water partition coefficient (Wildman–Crippen LogP) is 4.74. The highest BCUT2D eigenvalue weighted by Crippen LogP contribution is 2.59. The molecule has 0 unspecified atom stereocenters. The van der Waals surface area contributed by atoms with Crippen LogP contribution in [0.2, 0.25) is 0 Å². The minimum absolute atomic E-state index is 0.00239. The van der Waals surface area contributed by atoms with Crippen molar-refractivity contribution >= 4 is 47.7 Å². The summed E-state index contributed by atoms with van der Waals surface area (Å²) in [5, 5.41) is 3.26. The molecule has 14 heteroatoms. The van der Waals surface area contributed by atoms with Crippen molar-refractivity contribution in [1.82, 2.24) is 15.1 Å². The van der Waals surface area contributed by atoms with Crippen molar-refractivity contribution < 1.29 is 42.3 Å². The molecule has 5 rings (SSSR count). The van der Waals surface area contributed by atoms with Crippen molar-refractivity contribution in [3.63, 3.8) is 0 Å². The Morgan fingerprint density at radius 1 is 0.918 bits per heavy atom. The summed E-state index contributed by atoms with van der Waals surface area (Å²) in [6.07, 6.45) is 1.41. The molecule has 0 saturated carbocycles. The molecule has 2 heterocycles. The average molecular weight is 699 g/mol. The lowest BCUT2D eigenvalue weighted by molar-refractivity contribution is -0.144. The summed E-state index contributed by atoms with van der Waals surface area (Å²) < 4.78 is 40.3. The molecule has 0 radical (unpaired) electrons. The highest BCUT2D eigenvalue weighted by molar-refractivity contribution is 7.52. The molecule has 3 aromatic carbocycles. The number of hydrogen-bond donors (Lipinski definition) is 3. The number of alkyl halides is 2. The van der Waals surface area contributed by atoms with Gasteiger partial charge in [0.25, 0.3) is 5.91 Å². The lowest BCUT2D eigenvalue weighted by Gasteiger charge is -2.39. The molecule has 4 amide bonds. The molecule has 3 aromatic rings. The van der Waals surface area contributed by atoms with Crippen LogP contribution in [0.15, 0.2) is 60.7 Å². The molecule has 262 valence electrons. The summed E-state index contributed by atoms with van der Waals surface area (Å²) in [6.45, 7) is 7.83. The Bertz CT molecular complexity index is 1840. The van der Waals surface area contributed by atoms with Gasteiger partial charge in [-0.25, -0.2) is 0 Å². The van der Waals surface area contributed by atoms with Crippen LogP contribution >= 0.6 is 7.60 Å². The van der Waals surface area contributed by atoms with Gasteiger partial charge in [0, 0.05) is 49.9 Å². The molecular formula is C35H41F2N4O7P. The second kappa shape index (κ2) is 13.3. The van der Waals surface area contributed by atoms with Crippen LogP contribution in [-0.2, 0) is 30.0 Å². The fraction of sp³-hybridized carbons (Fsp3) is 0.429. The van der Waals surface area contributed by atoms with Gasteiger partial charge in [0.1, 0.15) is 12.1 Å². The number of amides is 4. The van der Waals surface area contributed by atoms with Gasteiger partial charge in [0.15, 0.2) is 0 Å². The van der Waals surface area contributed by atoms with Gasteiger partial charge in [0.05, 0.1) is 0 Å². The van der Waals surface area contributed by atoms with Crippen molar-refractivity contribution in [1.29, 1.82) is 0 Å². The van der Waals surface area contributed by atoms with Crippen molar-refractivity contribution in [2.24, 2.45) is 0 Å². The third-order valence-corrected chi connectivity index (χ3v) is 10.5. The minimum Gasteiger partial charge on any atom is -0.340 e. The molecule has 2 aliphatic rings. The van der Waals surface area contributed by atoms with Crippen LogP contribution in [0.3, 0.4) is 0 Å². The van der Waals surface area contributed by atoms with E-state index in [0.717, 1.165) is 17.7 Å². The fourth-order valence-electron chi connectivity index (χ4n) is 6.53. The Hall–Kier alpha value is -4.19. The van der Waals surface area contributed by atoms with E-state index in [4.69, 9.17) is 0 Å². The number of likely N-dealkylation sites (N-methyl/N-ethyl adjacent to an activating group) is 1. The number of carbonyl (C=O) groups is 4. The van der Waals surface area contributed by atoms with Gasteiger partial charge in [-0.1, -0.05) is 51.1 Å². The van der Waals surface area contributed by atoms with Crippen molar-refractivity contribution in [2.45, 2.75) is 76.2 Å². The van der Waals surface area contributed by atoms with Gasteiger partial charge in [-0.05, 0) is 71.3 Å². The van der Waals surface area contributed by atoms with E-state index in [2.05, 4.69) is 26.1 Å². The van der Waals surface area contributed by atoms with Gasteiger partial charge in [-0.3, -0.25) is 23.7 Å². The van der Waals surface area contributed by atoms with E-state index < -0.39 is 42.7 Å². The second-order valence-corrected chi connectivity index (χ2v) is 15.5. The van der Waals surface area contributed by atoms with Crippen LogP contribution in [0.25, 0.3) is 10.8 Å². The molecule has 0 aliphatic carbocycles. The first-order valence-electron chi connectivity index (χ1n) is 16.0. The van der Waals surface area contributed by atoms with Crippen LogP contribution in [0.1, 0.15) is 68.4 Å². The van der Waals surface area contributed by atoms with E-state index >= 15 is 0 Å². The molecule has 2 saturated heterocycles. The van der Waals surface area contributed by atoms with Gasteiger partial charge in [0.2, 0.25) is 17.7 Å². The largest absolute Gasteiger partial charge is 0.399 e. The molecule has 11 nitrogen and oxygen atoms in total. The minimum atomic E-state index is -5.82. The first kappa shape index (κ1) is 36.1. The molecular weight excluding hydrogens is 657 g/mol. The van der Waals surface area contributed by atoms with E-state index in [-0.39, 0.29) is 40.8 Å². The SMILES string of the molecule is CC(=O)N1CC[C@H]2CC[C@@H](C(=O)N(C)c3ccc(C(C)(C)C)cc3)N2C(=O)[C@@H](NC(=O)c2ccc3ccc(C(F)(F)P(=O)(O)O)cc3c2)C1. The summed E-state index contributed by atoms with van der Waals surface area (Å²) in [7, 11) is -4.16. The second-order valence-electron chi connectivity index (χ2n) is 13.8. The van der Waals surface area contributed by atoms with Crippen LogP contribution < -0.4 is 10.2 Å². The van der Waals surface area contributed by atoms with Crippen molar-refractivity contribution in [2.75, 3.05) is 25.0 Å². The number of halogens is 2. The molecule has 2 aliphatic heterocycles. The van der Waals surface area contributed by atoms with E-state index in [0.29, 0.717) is 36.9 Å². The zero-order valence-corrected chi connectivity index (χ0v) is 28.9. The fourth-order valence-corrected chi connectivity index (χ4v) is 7.01. The summed E-state index contributed by atoms with van der Waals surface area (Å²) in [5.74, 6) is -1.80. The molecule has 0 bridgehead atoms. The highest BCUT2D eigenvalue weighted by Gasteiger charge is 2.50. The molecule has 0 spiro atoms. The zero-order valence-electron chi connectivity index (χ0n) is 28.0. The van der Waals surface area contributed by atoms with Crippen molar-refractivity contribution in [3.8, 4) is 0 Å². The van der Waals surface area contributed by atoms with Crippen LogP contribution in [-0.4, -0.2) is 81.5 Å². The van der Waals surface area contributed by atoms with Crippen molar-refractivity contribution in [3.05, 3.63) is 77.4 Å². The Balaban J connectivity index is 1.41. The van der Waals surface area contributed by atoms with Crippen LogP contribution in [0.5, 0.6) is 0 Å². The smallest absolute Gasteiger partial charge is 0.340 e. The average Bonchev–Trinajstić information content (AvgIpc) is 3.46. The normalized spacial score (nSPS) is 20.4. The first-order valence-corrected chi connectivity index (χ1v) is 17.6. The number of hydrogen-bond acceptors (Lipinski definition) is 5. The Kier molecular flexibility index (Phi) is 9.77. The first-order chi connectivity index (χ1) is 22.8. The number of anilines is 1. The third-order valence-electron chi connectivity index (χ3n) is 9.49. The zero-order chi connectivity index (χ0) is 36.1. The highest BCUT2D eigenvalue weighted by atomic mass is 31.2. The summed E-state index contributed by atoms with van der Waals surface area (Å²) >= 11 is 0. The Labute approximate surface area is 283 Å². The van der Waals surface area contributed by atoms with Gasteiger partial charge in [-0.15, -0.1) is 0 Å². The number of benzene rings is 3. The molecule has 3 atom stereocenters. The Morgan fingerprint density at radius 2 is 1.55 bits per heavy atom. The van der Waals surface area contributed by atoms with Gasteiger partial charge >= 0.3 is 13.3 Å². The summed E-state index contributed by atoms with van der Waals surface area (Å²) in [5.41, 5.74) is -3.64. The summed E-state index contributed by atoms with van der Waals surface area (Å²) in [4.78, 5) is 77.2. The lowest BCUT2D eigenvalue weighted by Crippen LogP contribution is -2.61. The number of nitrogens with one attached hydrogen (secondary N) is 1. The molecule has 49 heavy (non-hydrogen) atoms. The lowest BCUT2D eigenvalue weighted by atomic mass is 9.87. The number of nitrogens with zero attached hydrogens (tertiary/aromatic N) is 3. The van der Waals surface area contributed by atoms with Crippen LogP contribution in [0, 0.1) is 0 Å².